The molecule has 0 aromatic carbocycles. The SMILES string of the molecule is CCS(=O)(=O)c1c(N)nsc1NCCO. The van der Waals surface area contributed by atoms with Crippen molar-refractivity contribution in [3.8, 4) is 0 Å². The number of anilines is 2. The molecule has 8 heteroatoms. The molecule has 6 nitrogen and oxygen atoms in total. The summed E-state index contributed by atoms with van der Waals surface area (Å²) < 4.78 is 27.1. The van der Waals surface area contributed by atoms with Gasteiger partial charge in [-0.15, -0.1) is 0 Å². The van der Waals surface area contributed by atoms with Crippen LogP contribution in [0.4, 0.5) is 10.8 Å². The summed E-state index contributed by atoms with van der Waals surface area (Å²) in [5, 5.41) is 11.8. The molecule has 0 unspecified atom stereocenters. The molecule has 0 aliphatic heterocycles. The van der Waals surface area contributed by atoms with Crippen LogP contribution >= 0.6 is 11.5 Å². The molecule has 1 rings (SSSR count). The Hall–Kier alpha value is -0.860. The highest BCUT2D eigenvalue weighted by Gasteiger charge is 2.23. The van der Waals surface area contributed by atoms with Crippen LogP contribution in [0.3, 0.4) is 0 Å². The summed E-state index contributed by atoms with van der Waals surface area (Å²) in [6.07, 6.45) is 0. The van der Waals surface area contributed by atoms with Crippen LogP contribution in [-0.4, -0.2) is 36.8 Å². The van der Waals surface area contributed by atoms with Crippen molar-refractivity contribution in [2.24, 2.45) is 0 Å². The summed E-state index contributed by atoms with van der Waals surface area (Å²) >= 11 is 0.982. The molecule has 1 heterocycles. The number of sulfone groups is 1. The third-order valence-corrected chi connectivity index (χ3v) is 4.51. The third-order valence-electron chi connectivity index (χ3n) is 1.76. The Morgan fingerprint density at radius 1 is 1.60 bits per heavy atom. The fraction of sp³-hybridized carbons (Fsp3) is 0.571. The number of rotatable bonds is 5. The van der Waals surface area contributed by atoms with Crippen molar-refractivity contribution in [2.75, 3.05) is 30.0 Å². The van der Waals surface area contributed by atoms with Crippen molar-refractivity contribution in [3.63, 3.8) is 0 Å². The zero-order valence-corrected chi connectivity index (χ0v) is 9.86. The monoisotopic (exact) mass is 251 g/mol. The molecule has 86 valence electrons. The van der Waals surface area contributed by atoms with Gasteiger partial charge in [-0.1, -0.05) is 6.92 Å². The lowest BCUT2D eigenvalue weighted by molar-refractivity contribution is 0.311. The Bertz CT molecular complexity index is 427. The fourth-order valence-corrected chi connectivity index (χ4v) is 3.21. The highest BCUT2D eigenvalue weighted by Crippen LogP contribution is 2.31. The predicted octanol–water partition coefficient (Wildman–Crippen LogP) is -0.0769. The number of hydrogen-bond donors (Lipinski definition) is 3. The van der Waals surface area contributed by atoms with E-state index in [-0.39, 0.29) is 29.6 Å². The first-order chi connectivity index (χ1) is 7.03. The molecule has 1 aromatic rings. The van der Waals surface area contributed by atoms with Crippen molar-refractivity contribution in [1.82, 2.24) is 4.37 Å². The maximum atomic E-state index is 11.7. The van der Waals surface area contributed by atoms with Gasteiger partial charge in [0.05, 0.1) is 12.4 Å². The van der Waals surface area contributed by atoms with E-state index in [0.717, 1.165) is 11.5 Å². The van der Waals surface area contributed by atoms with E-state index in [9.17, 15) is 8.42 Å². The topological polar surface area (TPSA) is 105 Å². The number of hydrogen-bond acceptors (Lipinski definition) is 7. The van der Waals surface area contributed by atoms with Gasteiger partial charge in [-0.3, -0.25) is 0 Å². The standard InChI is InChI=1S/C7H13N3O3S2/c1-2-15(12,13)5-6(8)10-14-7(5)9-3-4-11/h9,11H,2-4H2,1H3,(H2,8,10). The van der Waals surface area contributed by atoms with E-state index in [1.165, 1.54) is 0 Å². The minimum Gasteiger partial charge on any atom is -0.395 e. The first kappa shape index (κ1) is 12.2. The first-order valence-corrected chi connectivity index (χ1v) is 6.78. The number of nitrogens with two attached hydrogens (primary N) is 1. The molecule has 0 saturated heterocycles. The van der Waals surface area contributed by atoms with Crippen molar-refractivity contribution < 1.29 is 13.5 Å². The van der Waals surface area contributed by atoms with E-state index in [1.807, 2.05) is 0 Å². The summed E-state index contributed by atoms with van der Waals surface area (Å²) in [7, 11) is -3.37. The van der Waals surface area contributed by atoms with Gasteiger partial charge in [0.2, 0.25) is 0 Å². The number of aliphatic hydroxyl groups is 1. The maximum absolute atomic E-state index is 11.7. The highest BCUT2D eigenvalue weighted by molar-refractivity contribution is 7.91. The van der Waals surface area contributed by atoms with Crippen LogP contribution in [0.2, 0.25) is 0 Å². The van der Waals surface area contributed by atoms with E-state index in [2.05, 4.69) is 9.69 Å². The highest BCUT2D eigenvalue weighted by atomic mass is 32.2. The van der Waals surface area contributed by atoms with E-state index in [1.54, 1.807) is 6.92 Å². The lowest BCUT2D eigenvalue weighted by atomic mass is 10.6. The average molecular weight is 251 g/mol. The number of aromatic nitrogens is 1. The summed E-state index contributed by atoms with van der Waals surface area (Å²) in [6, 6.07) is 0. The van der Waals surface area contributed by atoms with E-state index in [0.29, 0.717) is 5.00 Å². The fourth-order valence-electron chi connectivity index (χ4n) is 1.02. The normalized spacial score (nSPS) is 11.6. The van der Waals surface area contributed by atoms with E-state index >= 15 is 0 Å². The van der Waals surface area contributed by atoms with Crippen LogP contribution in [0.15, 0.2) is 4.90 Å². The van der Waals surface area contributed by atoms with Gasteiger partial charge in [0.15, 0.2) is 15.7 Å². The van der Waals surface area contributed by atoms with Crippen LogP contribution in [0.1, 0.15) is 6.92 Å². The van der Waals surface area contributed by atoms with Crippen LogP contribution in [-0.2, 0) is 9.84 Å². The molecule has 0 spiro atoms. The molecule has 15 heavy (non-hydrogen) atoms. The lowest BCUT2D eigenvalue weighted by Crippen LogP contribution is -2.11. The molecule has 0 radical (unpaired) electrons. The minimum atomic E-state index is -3.37. The summed E-state index contributed by atoms with van der Waals surface area (Å²) in [4.78, 5) is 0.0449. The van der Waals surface area contributed by atoms with E-state index < -0.39 is 9.84 Å². The van der Waals surface area contributed by atoms with Crippen LogP contribution in [0, 0.1) is 0 Å². The second kappa shape index (κ2) is 4.77. The average Bonchev–Trinajstić information content (AvgIpc) is 2.57. The number of nitrogens with zero attached hydrogens (tertiary/aromatic N) is 1. The molecule has 0 aliphatic carbocycles. The number of nitrogens with one attached hydrogen (secondary N) is 1. The largest absolute Gasteiger partial charge is 0.395 e. The second-order valence-corrected chi connectivity index (χ2v) is 5.77. The molecule has 1 aromatic heterocycles. The zero-order valence-electron chi connectivity index (χ0n) is 8.23. The number of aliphatic hydroxyl groups excluding tert-OH is 1. The number of nitrogen functional groups attached to an aromatic ring is 1. The van der Waals surface area contributed by atoms with Gasteiger partial charge >= 0.3 is 0 Å². The summed E-state index contributed by atoms with van der Waals surface area (Å²) in [5.41, 5.74) is 5.49. The molecule has 0 bridgehead atoms. The van der Waals surface area contributed by atoms with Gasteiger partial charge in [0, 0.05) is 6.54 Å². The predicted molar refractivity (Wildman–Crippen MR) is 59.8 cm³/mol. The molecule has 0 aliphatic rings. The van der Waals surface area contributed by atoms with Gasteiger partial charge in [-0.05, 0) is 11.5 Å². The van der Waals surface area contributed by atoms with Crippen molar-refractivity contribution in [1.29, 1.82) is 0 Å². The Morgan fingerprint density at radius 2 is 2.27 bits per heavy atom. The van der Waals surface area contributed by atoms with Crippen molar-refractivity contribution in [3.05, 3.63) is 0 Å². The van der Waals surface area contributed by atoms with Crippen molar-refractivity contribution in [2.45, 2.75) is 11.8 Å². The summed E-state index contributed by atoms with van der Waals surface area (Å²) in [5.74, 6) is -0.00838. The molecule has 0 fully saturated rings. The van der Waals surface area contributed by atoms with Crippen LogP contribution in [0.25, 0.3) is 0 Å². The van der Waals surface area contributed by atoms with Gasteiger partial charge in [-0.2, -0.15) is 4.37 Å². The Balaban J connectivity index is 3.10. The molecular weight excluding hydrogens is 238 g/mol. The van der Waals surface area contributed by atoms with Crippen LogP contribution < -0.4 is 11.1 Å². The van der Waals surface area contributed by atoms with Crippen LogP contribution in [0.5, 0.6) is 0 Å². The molecule has 0 amide bonds. The first-order valence-electron chi connectivity index (χ1n) is 4.35. The zero-order chi connectivity index (χ0) is 11.5. The quantitative estimate of drug-likeness (QED) is 0.676. The Morgan fingerprint density at radius 3 is 2.80 bits per heavy atom. The maximum Gasteiger partial charge on any atom is 0.184 e. The second-order valence-electron chi connectivity index (χ2n) is 2.78. The van der Waals surface area contributed by atoms with Gasteiger partial charge in [0.25, 0.3) is 0 Å². The lowest BCUT2D eigenvalue weighted by Gasteiger charge is -2.04. The Kier molecular flexibility index (Phi) is 3.89. The van der Waals surface area contributed by atoms with Gasteiger partial charge in [0.1, 0.15) is 9.90 Å². The van der Waals surface area contributed by atoms with Crippen molar-refractivity contribution >= 4 is 32.2 Å². The van der Waals surface area contributed by atoms with Gasteiger partial charge in [-0.25, -0.2) is 8.42 Å². The van der Waals surface area contributed by atoms with Gasteiger partial charge < -0.3 is 16.2 Å². The summed E-state index contributed by atoms with van der Waals surface area (Å²) in [6.45, 7) is 1.74. The molecular formula is C7H13N3O3S2. The smallest absolute Gasteiger partial charge is 0.184 e. The third kappa shape index (κ3) is 2.58. The Labute approximate surface area is 92.2 Å². The van der Waals surface area contributed by atoms with E-state index in [4.69, 9.17) is 10.8 Å². The molecule has 0 saturated carbocycles. The molecule has 0 atom stereocenters. The minimum absolute atomic E-state index is 0.0160. The molecule has 4 N–H and O–H groups in total.